The Hall–Kier alpha value is -0.700. The molecule has 0 heterocycles. The van der Waals surface area contributed by atoms with Gasteiger partial charge in [0.05, 0.1) is 5.56 Å². The van der Waals surface area contributed by atoms with Crippen LogP contribution in [0.4, 0.5) is 13.2 Å². The van der Waals surface area contributed by atoms with E-state index in [4.69, 9.17) is 11.6 Å². The van der Waals surface area contributed by atoms with E-state index in [0.29, 0.717) is 6.42 Å². The Morgan fingerprint density at radius 2 is 1.52 bits per heavy atom. The van der Waals surface area contributed by atoms with Crippen LogP contribution in [0.1, 0.15) is 63.0 Å². The molecule has 0 nitrogen and oxygen atoms in total. The monoisotopic (exact) mass is 320 g/mol. The molecule has 21 heavy (non-hydrogen) atoms. The molecule has 0 fully saturated rings. The molecule has 120 valence electrons. The van der Waals surface area contributed by atoms with Gasteiger partial charge in [-0.2, -0.15) is 13.2 Å². The summed E-state index contributed by atoms with van der Waals surface area (Å²) in [5.74, 6) is 0. The molecule has 1 rings (SSSR count). The van der Waals surface area contributed by atoms with Gasteiger partial charge in [0.2, 0.25) is 0 Å². The Labute approximate surface area is 130 Å². The third-order valence-corrected chi connectivity index (χ3v) is 3.98. The maximum Gasteiger partial charge on any atom is 0.416 e. The minimum atomic E-state index is -4.27. The van der Waals surface area contributed by atoms with Gasteiger partial charge in [0.15, 0.2) is 0 Å². The highest BCUT2D eigenvalue weighted by Crippen LogP contribution is 2.29. The Kier molecular flexibility index (Phi) is 8.16. The van der Waals surface area contributed by atoms with Crippen molar-refractivity contribution in [3.05, 3.63) is 35.4 Å². The molecular formula is C17H24ClF3. The Morgan fingerprint density at radius 1 is 0.952 bits per heavy atom. The first-order chi connectivity index (χ1) is 9.93. The summed E-state index contributed by atoms with van der Waals surface area (Å²) in [5.41, 5.74) is 0.266. The van der Waals surface area contributed by atoms with Crippen molar-refractivity contribution < 1.29 is 13.2 Å². The molecule has 0 aromatic heterocycles. The van der Waals surface area contributed by atoms with E-state index < -0.39 is 11.7 Å². The number of benzene rings is 1. The first-order valence-electron chi connectivity index (χ1n) is 7.73. The molecule has 0 amide bonds. The van der Waals surface area contributed by atoms with Crippen molar-refractivity contribution in [2.24, 2.45) is 0 Å². The summed E-state index contributed by atoms with van der Waals surface area (Å²) in [6.45, 7) is 2.19. The van der Waals surface area contributed by atoms with E-state index in [2.05, 4.69) is 6.92 Å². The molecule has 0 N–H and O–H groups in total. The van der Waals surface area contributed by atoms with Crippen LogP contribution in [-0.4, -0.2) is 5.38 Å². The molecule has 1 unspecified atom stereocenters. The van der Waals surface area contributed by atoms with Crippen molar-refractivity contribution in [2.75, 3.05) is 0 Å². The van der Waals surface area contributed by atoms with Gasteiger partial charge in [0.25, 0.3) is 0 Å². The lowest BCUT2D eigenvalue weighted by Gasteiger charge is -2.11. The lowest BCUT2D eigenvalue weighted by Crippen LogP contribution is -2.06. The zero-order chi connectivity index (χ0) is 15.7. The molecule has 0 radical (unpaired) electrons. The highest BCUT2D eigenvalue weighted by Gasteiger charge is 2.29. The minimum Gasteiger partial charge on any atom is -0.166 e. The fourth-order valence-corrected chi connectivity index (χ4v) is 2.67. The lowest BCUT2D eigenvalue weighted by molar-refractivity contribution is -0.137. The molecule has 1 aromatic rings. The zero-order valence-corrected chi connectivity index (χ0v) is 13.3. The van der Waals surface area contributed by atoms with Crippen LogP contribution in [-0.2, 0) is 12.6 Å². The SMILES string of the molecule is CCCCCCCCC(Cl)Cc1ccc(C(F)(F)F)cc1. The van der Waals surface area contributed by atoms with Crippen LogP contribution in [0.25, 0.3) is 0 Å². The molecule has 0 aliphatic rings. The van der Waals surface area contributed by atoms with E-state index in [1.165, 1.54) is 44.2 Å². The molecule has 0 saturated carbocycles. The van der Waals surface area contributed by atoms with Crippen molar-refractivity contribution in [1.29, 1.82) is 0 Å². The minimum absolute atomic E-state index is 0.00733. The van der Waals surface area contributed by atoms with Gasteiger partial charge in [0, 0.05) is 5.38 Å². The van der Waals surface area contributed by atoms with Gasteiger partial charge >= 0.3 is 6.18 Å². The van der Waals surface area contributed by atoms with Crippen molar-refractivity contribution >= 4 is 11.6 Å². The molecule has 0 bridgehead atoms. The van der Waals surface area contributed by atoms with Gasteiger partial charge in [-0.05, 0) is 30.5 Å². The van der Waals surface area contributed by atoms with Crippen molar-refractivity contribution in [3.8, 4) is 0 Å². The quantitative estimate of drug-likeness (QED) is 0.355. The summed E-state index contributed by atoms with van der Waals surface area (Å²) in [6.07, 6.45) is 4.64. The Balaban J connectivity index is 2.26. The molecule has 0 aliphatic carbocycles. The van der Waals surface area contributed by atoms with E-state index >= 15 is 0 Å². The van der Waals surface area contributed by atoms with E-state index in [1.54, 1.807) is 0 Å². The largest absolute Gasteiger partial charge is 0.416 e. The first kappa shape index (κ1) is 18.3. The first-order valence-corrected chi connectivity index (χ1v) is 8.17. The highest BCUT2D eigenvalue weighted by molar-refractivity contribution is 6.20. The van der Waals surface area contributed by atoms with Gasteiger partial charge in [-0.1, -0.05) is 57.6 Å². The smallest absolute Gasteiger partial charge is 0.166 e. The maximum atomic E-state index is 12.5. The van der Waals surface area contributed by atoms with Crippen molar-refractivity contribution in [3.63, 3.8) is 0 Å². The molecule has 1 aromatic carbocycles. The Morgan fingerprint density at radius 3 is 2.10 bits per heavy atom. The van der Waals surface area contributed by atoms with Gasteiger partial charge in [-0.25, -0.2) is 0 Å². The fraction of sp³-hybridized carbons (Fsp3) is 0.647. The summed E-state index contributed by atoms with van der Waals surface area (Å²) in [6, 6.07) is 5.31. The second-order valence-electron chi connectivity index (χ2n) is 5.55. The van der Waals surface area contributed by atoms with E-state index in [9.17, 15) is 13.2 Å². The number of halogens is 4. The van der Waals surface area contributed by atoms with Crippen LogP contribution in [0.3, 0.4) is 0 Å². The number of hydrogen-bond acceptors (Lipinski definition) is 0. The van der Waals surface area contributed by atoms with Crippen molar-refractivity contribution in [1.82, 2.24) is 0 Å². The van der Waals surface area contributed by atoms with Crippen LogP contribution < -0.4 is 0 Å². The van der Waals surface area contributed by atoms with Crippen LogP contribution in [0, 0.1) is 0 Å². The summed E-state index contributed by atoms with van der Waals surface area (Å²) in [5, 5.41) is 0.00733. The van der Waals surface area contributed by atoms with Gasteiger partial charge in [-0.15, -0.1) is 11.6 Å². The van der Waals surface area contributed by atoms with E-state index in [-0.39, 0.29) is 5.38 Å². The number of rotatable bonds is 9. The average molecular weight is 321 g/mol. The predicted octanol–water partition coefficient (Wildman–Crippen LogP) is 6.61. The highest BCUT2D eigenvalue weighted by atomic mass is 35.5. The van der Waals surface area contributed by atoms with Gasteiger partial charge < -0.3 is 0 Å². The second kappa shape index (κ2) is 9.34. The molecule has 0 aliphatic heterocycles. The van der Waals surface area contributed by atoms with Gasteiger partial charge in [0.1, 0.15) is 0 Å². The normalized spacial score (nSPS) is 13.4. The lowest BCUT2D eigenvalue weighted by atomic mass is 10.0. The summed E-state index contributed by atoms with van der Waals surface area (Å²) >= 11 is 6.26. The summed E-state index contributed by atoms with van der Waals surface area (Å²) in [7, 11) is 0. The van der Waals surface area contributed by atoms with E-state index in [1.807, 2.05) is 0 Å². The zero-order valence-electron chi connectivity index (χ0n) is 12.6. The summed E-state index contributed by atoms with van der Waals surface area (Å²) in [4.78, 5) is 0. The van der Waals surface area contributed by atoms with Crippen molar-refractivity contribution in [2.45, 2.75) is 69.8 Å². The van der Waals surface area contributed by atoms with Gasteiger partial charge in [-0.3, -0.25) is 0 Å². The maximum absolute atomic E-state index is 12.5. The fourth-order valence-electron chi connectivity index (χ4n) is 2.33. The molecule has 4 heteroatoms. The molecular weight excluding hydrogens is 297 g/mol. The Bertz CT molecular complexity index is 384. The molecule has 0 spiro atoms. The number of alkyl halides is 4. The predicted molar refractivity (Wildman–Crippen MR) is 82.8 cm³/mol. The third kappa shape index (κ3) is 7.75. The number of unbranched alkanes of at least 4 members (excludes halogenated alkanes) is 5. The average Bonchev–Trinajstić information content (AvgIpc) is 2.42. The van der Waals surface area contributed by atoms with Crippen LogP contribution in [0.2, 0.25) is 0 Å². The third-order valence-electron chi connectivity index (χ3n) is 3.61. The van der Waals surface area contributed by atoms with Crippen LogP contribution in [0.15, 0.2) is 24.3 Å². The second-order valence-corrected chi connectivity index (χ2v) is 6.17. The van der Waals surface area contributed by atoms with Crippen LogP contribution in [0.5, 0.6) is 0 Å². The topological polar surface area (TPSA) is 0 Å². The standard InChI is InChI=1S/C17H24ClF3/c1-2-3-4-5-6-7-8-16(18)13-14-9-11-15(12-10-14)17(19,20)21/h9-12,16H,2-8,13H2,1H3. The summed E-state index contributed by atoms with van der Waals surface area (Å²) < 4.78 is 37.4. The molecule has 1 atom stereocenters. The van der Waals surface area contributed by atoms with Crippen LogP contribution >= 0.6 is 11.6 Å². The number of hydrogen-bond donors (Lipinski definition) is 0. The molecule has 0 saturated heterocycles. The van der Waals surface area contributed by atoms with E-state index in [0.717, 1.165) is 30.5 Å².